The number of hydrogen-bond donors (Lipinski definition) is 0. The first kappa shape index (κ1) is 13.9. The lowest BCUT2D eigenvalue weighted by Crippen LogP contribution is -2.16. The van der Waals surface area contributed by atoms with E-state index in [-0.39, 0.29) is 5.92 Å². The average molecular weight is 299 g/mol. The van der Waals surface area contributed by atoms with E-state index < -0.39 is 10.0 Å². The highest BCUT2D eigenvalue weighted by Crippen LogP contribution is 2.29. The molecule has 0 radical (unpaired) electrons. The monoisotopic (exact) mass is 299 g/mol. The van der Waals surface area contributed by atoms with Gasteiger partial charge in [-0.15, -0.1) is 0 Å². The highest BCUT2D eigenvalue weighted by atomic mass is 32.2. The molecule has 0 bridgehead atoms. The summed E-state index contributed by atoms with van der Waals surface area (Å²) in [7, 11) is -3.58. The van der Waals surface area contributed by atoms with Gasteiger partial charge in [-0.25, -0.2) is 12.4 Å². The molecule has 4 heteroatoms. The van der Waals surface area contributed by atoms with Crippen LogP contribution in [-0.2, 0) is 10.0 Å². The van der Waals surface area contributed by atoms with Gasteiger partial charge in [0.2, 0.25) is 0 Å². The largest absolute Gasteiger partial charge is 0.268 e. The second kappa shape index (κ2) is 5.04. The van der Waals surface area contributed by atoms with Crippen molar-refractivity contribution in [2.45, 2.75) is 24.7 Å². The molecule has 0 saturated carbocycles. The van der Waals surface area contributed by atoms with Crippen molar-refractivity contribution in [2.75, 3.05) is 0 Å². The van der Waals surface area contributed by atoms with Crippen LogP contribution in [0.4, 0.5) is 0 Å². The van der Waals surface area contributed by atoms with E-state index in [1.54, 1.807) is 24.3 Å². The summed E-state index contributed by atoms with van der Waals surface area (Å²) in [5.74, 6) is 0.121. The summed E-state index contributed by atoms with van der Waals surface area (Å²) in [6.07, 6.45) is 0. The Morgan fingerprint density at radius 3 is 2.19 bits per heavy atom. The normalized spacial score (nSPS) is 12.1. The number of fused-ring (bicyclic) bond motifs is 1. The maximum atomic E-state index is 13.0. The minimum atomic E-state index is -3.58. The number of nitrogens with zero attached hydrogens (tertiary/aromatic N) is 1. The standard InChI is InChI=1S/C17H17NO2S/c1-13(2)17-12-14-8-6-7-11-16(14)18(17)21(19,20)15-9-4-3-5-10-15/h3-13H,1-2H3. The van der Waals surface area contributed by atoms with E-state index in [4.69, 9.17) is 0 Å². The summed E-state index contributed by atoms with van der Waals surface area (Å²) < 4.78 is 27.5. The zero-order valence-electron chi connectivity index (χ0n) is 12.0. The first-order valence-corrected chi connectivity index (χ1v) is 8.37. The molecular formula is C17H17NO2S. The SMILES string of the molecule is CC(C)c1cc2ccccc2n1S(=O)(=O)c1ccccc1. The fraction of sp³-hybridized carbons (Fsp3) is 0.176. The lowest BCUT2D eigenvalue weighted by atomic mass is 10.1. The van der Waals surface area contributed by atoms with Crippen molar-refractivity contribution in [1.29, 1.82) is 0 Å². The van der Waals surface area contributed by atoms with Crippen LogP contribution in [0.5, 0.6) is 0 Å². The molecule has 0 aliphatic heterocycles. The first-order valence-electron chi connectivity index (χ1n) is 6.93. The van der Waals surface area contributed by atoms with E-state index in [1.807, 2.05) is 50.2 Å². The Labute approximate surface area is 124 Å². The summed E-state index contributed by atoms with van der Waals surface area (Å²) in [5.41, 5.74) is 1.53. The Kier molecular flexibility index (Phi) is 3.33. The maximum Gasteiger partial charge on any atom is 0.268 e. The molecule has 0 aliphatic carbocycles. The predicted molar refractivity (Wildman–Crippen MR) is 85.1 cm³/mol. The van der Waals surface area contributed by atoms with Gasteiger partial charge in [-0.1, -0.05) is 50.2 Å². The van der Waals surface area contributed by atoms with Crippen molar-refractivity contribution >= 4 is 20.9 Å². The summed E-state index contributed by atoms with van der Waals surface area (Å²) in [6.45, 7) is 4.01. The quantitative estimate of drug-likeness (QED) is 0.733. The average Bonchev–Trinajstić information content (AvgIpc) is 2.88. The summed E-state index contributed by atoms with van der Waals surface area (Å²) in [6, 6.07) is 18.1. The zero-order chi connectivity index (χ0) is 15.0. The van der Waals surface area contributed by atoms with E-state index in [1.165, 1.54) is 3.97 Å². The number of benzene rings is 2. The molecule has 0 atom stereocenters. The third-order valence-corrected chi connectivity index (χ3v) is 5.32. The van der Waals surface area contributed by atoms with Gasteiger partial charge in [0.1, 0.15) is 0 Å². The smallest absolute Gasteiger partial charge is 0.238 e. The molecule has 0 unspecified atom stereocenters. The summed E-state index contributed by atoms with van der Waals surface area (Å²) >= 11 is 0. The molecule has 0 fully saturated rings. The van der Waals surface area contributed by atoms with Crippen molar-refractivity contribution < 1.29 is 8.42 Å². The van der Waals surface area contributed by atoms with Crippen molar-refractivity contribution in [3.05, 3.63) is 66.4 Å². The van der Waals surface area contributed by atoms with Crippen LogP contribution >= 0.6 is 0 Å². The molecule has 0 amide bonds. The summed E-state index contributed by atoms with van der Waals surface area (Å²) in [4.78, 5) is 0.313. The summed E-state index contributed by atoms with van der Waals surface area (Å²) in [5, 5.41) is 0.945. The molecule has 0 saturated heterocycles. The van der Waals surface area contributed by atoms with E-state index in [2.05, 4.69) is 0 Å². The van der Waals surface area contributed by atoms with Crippen LogP contribution < -0.4 is 0 Å². The Hall–Kier alpha value is -2.07. The van der Waals surface area contributed by atoms with Crippen LogP contribution in [0.3, 0.4) is 0 Å². The van der Waals surface area contributed by atoms with E-state index in [9.17, 15) is 8.42 Å². The third kappa shape index (κ3) is 2.25. The number of para-hydroxylation sites is 1. The van der Waals surface area contributed by atoms with Crippen molar-refractivity contribution in [1.82, 2.24) is 3.97 Å². The van der Waals surface area contributed by atoms with Crippen LogP contribution in [0.2, 0.25) is 0 Å². The van der Waals surface area contributed by atoms with E-state index in [0.29, 0.717) is 4.90 Å². The van der Waals surface area contributed by atoms with Gasteiger partial charge < -0.3 is 0 Å². The Morgan fingerprint density at radius 2 is 1.52 bits per heavy atom. The van der Waals surface area contributed by atoms with Crippen molar-refractivity contribution in [3.8, 4) is 0 Å². The Morgan fingerprint density at radius 1 is 0.905 bits per heavy atom. The molecule has 2 aromatic carbocycles. The molecule has 0 spiro atoms. The Bertz CT molecular complexity index is 878. The van der Waals surface area contributed by atoms with Gasteiger partial charge in [-0.2, -0.15) is 0 Å². The molecule has 0 aliphatic rings. The first-order chi connectivity index (χ1) is 10.0. The Balaban J connectivity index is 2.36. The fourth-order valence-corrected chi connectivity index (χ4v) is 4.20. The molecule has 3 rings (SSSR count). The van der Waals surface area contributed by atoms with Gasteiger partial charge in [0.05, 0.1) is 10.4 Å². The third-order valence-electron chi connectivity index (χ3n) is 3.57. The molecule has 1 aromatic heterocycles. The number of rotatable bonds is 3. The van der Waals surface area contributed by atoms with Crippen molar-refractivity contribution in [2.24, 2.45) is 0 Å². The van der Waals surface area contributed by atoms with Gasteiger partial charge in [-0.05, 0) is 30.2 Å². The minimum absolute atomic E-state index is 0.121. The molecule has 0 N–H and O–H groups in total. The number of aromatic nitrogens is 1. The predicted octanol–water partition coefficient (Wildman–Crippen LogP) is 4.00. The minimum Gasteiger partial charge on any atom is -0.238 e. The molecule has 21 heavy (non-hydrogen) atoms. The van der Waals surface area contributed by atoms with Crippen molar-refractivity contribution in [3.63, 3.8) is 0 Å². The topological polar surface area (TPSA) is 39.1 Å². The van der Waals surface area contributed by atoms with Gasteiger partial charge in [0.15, 0.2) is 0 Å². The molecule has 3 aromatic rings. The second-order valence-electron chi connectivity index (χ2n) is 5.37. The fourth-order valence-electron chi connectivity index (χ4n) is 2.52. The molecule has 3 nitrogen and oxygen atoms in total. The van der Waals surface area contributed by atoms with E-state index >= 15 is 0 Å². The highest BCUT2D eigenvalue weighted by Gasteiger charge is 2.23. The zero-order valence-corrected chi connectivity index (χ0v) is 12.8. The van der Waals surface area contributed by atoms with Crippen LogP contribution in [0, 0.1) is 0 Å². The molecule has 108 valence electrons. The van der Waals surface area contributed by atoms with E-state index in [0.717, 1.165) is 16.6 Å². The lowest BCUT2D eigenvalue weighted by Gasteiger charge is -2.14. The van der Waals surface area contributed by atoms with Crippen LogP contribution in [0.25, 0.3) is 10.9 Å². The number of hydrogen-bond acceptors (Lipinski definition) is 2. The van der Waals surface area contributed by atoms with Crippen LogP contribution in [0.15, 0.2) is 65.6 Å². The highest BCUT2D eigenvalue weighted by molar-refractivity contribution is 7.90. The van der Waals surface area contributed by atoms with Crippen LogP contribution in [0.1, 0.15) is 25.5 Å². The second-order valence-corrected chi connectivity index (χ2v) is 7.15. The van der Waals surface area contributed by atoms with Crippen LogP contribution in [-0.4, -0.2) is 12.4 Å². The molecule has 1 heterocycles. The van der Waals surface area contributed by atoms with Gasteiger partial charge in [-0.3, -0.25) is 0 Å². The van der Waals surface area contributed by atoms with Gasteiger partial charge in [0, 0.05) is 11.1 Å². The maximum absolute atomic E-state index is 13.0. The van der Waals surface area contributed by atoms with Gasteiger partial charge >= 0.3 is 0 Å². The molecular weight excluding hydrogens is 282 g/mol. The van der Waals surface area contributed by atoms with Gasteiger partial charge in [0.25, 0.3) is 10.0 Å². The lowest BCUT2D eigenvalue weighted by molar-refractivity contribution is 0.585.